The minimum absolute atomic E-state index is 0.176. The van der Waals surface area contributed by atoms with Crippen LogP contribution >= 0.6 is 0 Å². The highest BCUT2D eigenvalue weighted by Gasteiger charge is 2.42. The molecule has 0 radical (unpaired) electrons. The Morgan fingerprint density at radius 2 is 1.25 bits per heavy atom. The lowest BCUT2D eigenvalue weighted by atomic mass is 9.93. The summed E-state index contributed by atoms with van der Waals surface area (Å²) in [6.07, 6.45) is -2.63. The maximum atomic E-state index is 12.5. The van der Waals surface area contributed by atoms with Crippen molar-refractivity contribution in [1.29, 1.82) is 0 Å². The average molecular weight is 440 g/mol. The van der Waals surface area contributed by atoms with Crippen molar-refractivity contribution < 1.29 is 28.6 Å². The predicted molar refractivity (Wildman–Crippen MR) is 120 cm³/mol. The minimum atomic E-state index is -1.45. The molecule has 0 aliphatic heterocycles. The lowest BCUT2D eigenvalue weighted by molar-refractivity contribution is -0.181. The Hall–Kier alpha value is -3.48. The number of hydrogen-bond donors (Lipinski definition) is 0. The highest BCUT2D eigenvalue weighted by atomic mass is 16.6. The van der Waals surface area contributed by atoms with E-state index in [1.165, 1.54) is 21.0 Å². The lowest BCUT2D eigenvalue weighted by Gasteiger charge is -2.31. The summed E-state index contributed by atoms with van der Waals surface area (Å²) in [7, 11) is 1.18. The molecule has 0 N–H and O–H groups in total. The third kappa shape index (κ3) is 6.77. The second-order valence-electron chi connectivity index (χ2n) is 7.57. The molecule has 0 spiro atoms. The summed E-state index contributed by atoms with van der Waals surface area (Å²) in [6, 6.07) is 18.4. The topological polar surface area (TPSA) is 91.3 Å². The molecular formula is C25H29NO6. The van der Waals surface area contributed by atoms with Gasteiger partial charge in [-0.05, 0) is 5.92 Å². The van der Waals surface area contributed by atoms with Crippen LogP contribution in [0.5, 0.6) is 0 Å². The number of rotatable bonds is 9. The summed E-state index contributed by atoms with van der Waals surface area (Å²) in [5.74, 6) is -2.33. The van der Waals surface area contributed by atoms with Crippen LogP contribution in [0, 0.1) is 5.92 Å². The first-order chi connectivity index (χ1) is 15.2. The summed E-state index contributed by atoms with van der Waals surface area (Å²) < 4.78 is 15.6. The van der Waals surface area contributed by atoms with Crippen LogP contribution < -0.4 is 0 Å². The molecular weight excluding hydrogens is 410 g/mol. The van der Waals surface area contributed by atoms with E-state index in [4.69, 9.17) is 19.2 Å². The predicted octanol–water partition coefficient (Wildman–Crippen LogP) is 3.59. The van der Waals surface area contributed by atoms with Gasteiger partial charge in [0.2, 0.25) is 6.10 Å². The van der Waals surface area contributed by atoms with Crippen LogP contribution in [0.4, 0.5) is 0 Å². The maximum Gasteiger partial charge on any atom is 0.351 e. The Morgan fingerprint density at radius 1 is 0.781 bits per heavy atom. The summed E-state index contributed by atoms with van der Waals surface area (Å²) in [5.41, 5.74) is 2.37. The van der Waals surface area contributed by atoms with Gasteiger partial charge in [-0.25, -0.2) is 4.79 Å². The van der Waals surface area contributed by atoms with Crippen LogP contribution in [-0.4, -0.2) is 49.0 Å². The Labute approximate surface area is 188 Å². The number of ether oxygens (including phenoxy) is 3. The number of benzene rings is 2. The second-order valence-corrected chi connectivity index (χ2v) is 7.57. The van der Waals surface area contributed by atoms with Gasteiger partial charge >= 0.3 is 17.9 Å². The molecule has 0 saturated carbocycles. The minimum Gasteiger partial charge on any atom is -0.466 e. The van der Waals surface area contributed by atoms with E-state index in [0.29, 0.717) is 5.71 Å². The molecule has 2 aromatic rings. The molecule has 0 unspecified atom stereocenters. The van der Waals surface area contributed by atoms with E-state index in [1.807, 2.05) is 74.5 Å². The molecule has 2 rings (SSSR count). The third-order valence-electron chi connectivity index (χ3n) is 4.72. The van der Waals surface area contributed by atoms with E-state index in [1.54, 1.807) is 0 Å². The quantitative estimate of drug-likeness (QED) is 0.337. The largest absolute Gasteiger partial charge is 0.466 e. The molecule has 7 nitrogen and oxygen atoms in total. The number of hydrogen-bond acceptors (Lipinski definition) is 7. The first-order valence-corrected chi connectivity index (χ1v) is 10.4. The van der Waals surface area contributed by atoms with Gasteiger partial charge in [0, 0.05) is 25.0 Å². The Morgan fingerprint density at radius 3 is 1.62 bits per heavy atom. The number of esters is 3. The monoisotopic (exact) mass is 439 g/mol. The van der Waals surface area contributed by atoms with Gasteiger partial charge in [-0.1, -0.05) is 74.5 Å². The van der Waals surface area contributed by atoms with E-state index < -0.39 is 36.2 Å². The van der Waals surface area contributed by atoms with Crippen LogP contribution in [0.2, 0.25) is 0 Å². The van der Waals surface area contributed by atoms with E-state index in [2.05, 4.69) is 0 Å². The molecule has 0 aliphatic carbocycles. The van der Waals surface area contributed by atoms with E-state index in [-0.39, 0.29) is 5.92 Å². The van der Waals surface area contributed by atoms with Gasteiger partial charge in [0.15, 0.2) is 6.10 Å². The number of carbonyl (C=O) groups is 3. The van der Waals surface area contributed by atoms with E-state index in [0.717, 1.165) is 11.1 Å². The average Bonchev–Trinajstić information content (AvgIpc) is 2.77. The molecule has 0 bridgehead atoms. The number of aliphatic imine (C=N–C) groups is 1. The second kappa shape index (κ2) is 11.8. The van der Waals surface area contributed by atoms with Crippen molar-refractivity contribution in [3.05, 3.63) is 71.8 Å². The highest BCUT2D eigenvalue weighted by Crippen LogP contribution is 2.23. The van der Waals surface area contributed by atoms with Crippen molar-refractivity contribution in [2.24, 2.45) is 10.9 Å². The molecule has 32 heavy (non-hydrogen) atoms. The summed E-state index contributed by atoms with van der Waals surface area (Å²) in [4.78, 5) is 41.1. The number of methoxy groups -OCH3 is 1. The van der Waals surface area contributed by atoms with Gasteiger partial charge < -0.3 is 14.2 Å². The van der Waals surface area contributed by atoms with Crippen molar-refractivity contribution in [3.8, 4) is 0 Å². The van der Waals surface area contributed by atoms with Crippen molar-refractivity contribution in [3.63, 3.8) is 0 Å². The normalized spacial score (nSPS) is 13.4. The molecule has 0 saturated heterocycles. The summed E-state index contributed by atoms with van der Waals surface area (Å²) in [5, 5.41) is 0. The fourth-order valence-electron chi connectivity index (χ4n) is 3.31. The van der Waals surface area contributed by atoms with Crippen LogP contribution in [0.15, 0.2) is 65.7 Å². The first kappa shape index (κ1) is 24.8. The summed E-state index contributed by atoms with van der Waals surface area (Å²) in [6.45, 7) is 6.18. The number of nitrogens with zero attached hydrogens (tertiary/aromatic N) is 1. The van der Waals surface area contributed by atoms with Gasteiger partial charge in [0.25, 0.3) is 0 Å². The maximum absolute atomic E-state index is 12.5. The molecule has 3 atom stereocenters. The SMILES string of the molecule is COC(=O)[C@H](OC(C)=O)[C@H](OC(C)=O)[C@@H](N=C(c1ccccc1)c1ccccc1)C(C)C. The molecule has 0 aromatic heterocycles. The van der Waals surface area contributed by atoms with Crippen molar-refractivity contribution >= 4 is 23.6 Å². The smallest absolute Gasteiger partial charge is 0.351 e. The fourth-order valence-corrected chi connectivity index (χ4v) is 3.31. The van der Waals surface area contributed by atoms with Gasteiger partial charge in [-0.15, -0.1) is 0 Å². The van der Waals surface area contributed by atoms with Crippen molar-refractivity contribution in [1.82, 2.24) is 0 Å². The standard InChI is InChI=1S/C25H29NO6/c1-16(2)21(23(31-17(3)27)24(25(29)30-5)32-18(4)28)26-22(19-12-8-6-9-13-19)20-14-10-7-11-15-20/h6-16,21,23-24H,1-5H3/t21-,23+,24+/m0/s1. The molecule has 170 valence electrons. The molecule has 7 heteroatoms. The Kier molecular flexibility index (Phi) is 9.13. The Balaban J connectivity index is 2.67. The zero-order valence-electron chi connectivity index (χ0n) is 19.0. The molecule has 0 heterocycles. The van der Waals surface area contributed by atoms with E-state index in [9.17, 15) is 14.4 Å². The van der Waals surface area contributed by atoms with Crippen LogP contribution in [0.25, 0.3) is 0 Å². The van der Waals surface area contributed by atoms with Gasteiger partial charge in [-0.3, -0.25) is 14.6 Å². The van der Waals surface area contributed by atoms with Crippen molar-refractivity contribution in [2.75, 3.05) is 7.11 Å². The van der Waals surface area contributed by atoms with Crippen LogP contribution in [0.1, 0.15) is 38.8 Å². The first-order valence-electron chi connectivity index (χ1n) is 10.4. The van der Waals surface area contributed by atoms with Gasteiger partial charge in [-0.2, -0.15) is 0 Å². The van der Waals surface area contributed by atoms with Crippen LogP contribution in [-0.2, 0) is 28.6 Å². The molecule has 0 amide bonds. The van der Waals surface area contributed by atoms with Crippen molar-refractivity contribution in [2.45, 2.75) is 45.9 Å². The fraction of sp³-hybridized carbons (Fsp3) is 0.360. The van der Waals surface area contributed by atoms with Gasteiger partial charge in [0.05, 0.1) is 18.9 Å². The molecule has 0 aliphatic rings. The van der Waals surface area contributed by atoms with E-state index >= 15 is 0 Å². The molecule has 0 fully saturated rings. The summed E-state index contributed by atoms with van der Waals surface area (Å²) >= 11 is 0. The zero-order valence-corrected chi connectivity index (χ0v) is 19.0. The highest BCUT2D eigenvalue weighted by molar-refractivity contribution is 6.13. The number of carbonyl (C=O) groups excluding carboxylic acids is 3. The Bertz CT molecular complexity index is 898. The van der Waals surface area contributed by atoms with Gasteiger partial charge in [0.1, 0.15) is 0 Å². The lowest BCUT2D eigenvalue weighted by Crippen LogP contribution is -2.49. The van der Waals surface area contributed by atoms with Crippen LogP contribution in [0.3, 0.4) is 0 Å². The zero-order chi connectivity index (χ0) is 23.7. The molecule has 2 aromatic carbocycles. The third-order valence-corrected chi connectivity index (χ3v) is 4.72.